The zero-order chi connectivity index (χ0) is 17.3. The van der Waals surface area contributed by atoms with Gasteiger partial charge in [-0.05, 0) is 30.7 Å². The number of methoxy groups -OCH3 is 2. The molecule has 3 aromatic rings. The van der Waals surface area contributed by atoms with Crippen LogP contribution in [0.4, 0.5) is 0 Å². The Morgan fingerprint density at radius 1 is 1.17 bits per heavy atom. The summed E-state index contributed by atoms with van der Waals surface area (Å²) in [4.78, 5) is 17.6. The molecule has 0 N–H and O–H groups in total. The van der Waals surface area contributed by atoms with Gasteiger partial charge < -0.3 is 14.0 Å². The minimum atomic E-state index is -0.339. The van der Waals surface area contributed by atoms with E-state index in [1.54, 1.807) is 25.3 Å². The van der Waals surface area contributed by atoms with Crippen molar-refractivity contribution in [2.45, 2.75) is 6.92 Å². The fraction of sp³-hybridized carbons (Fsp3) is 0.222. The summed E-state index contributed by atoms with van der Waals surface area (Å²) in [6, 6.07) is 11.2. The Morgan fingerprint density at radius 2 is 1.96 bits per heavy atom. The molecule has 0 radical (unpaired) electrons. The Kier molecular flexibility index (Phi) is 4.40. The molecule has 0 aliphatic rings. The quantitative estimate of drug-likeness (QED) is 0.734. The van der Waals surface area contributed by atoms with Crippen LogP contribution in [0.1, 0.15) is 15.9 Å². The molecule has 0 unspecified atom stereocenters. The van der Waals surface area contributed by atoms with Crippen LogP contribution >= 0.6 is 11.3 Å². The molecule has 0 spiro atoms. The lowest BCUT2D eigenvalue weighted by molar-refractivity contribution is 0.0995. The molecule has 0 aliphatic heterocycles. The van der Waals surface area contributed by atoms with Crippen molar-refractivity contribution in [3.63, 3.8) is 0 Å². The Balaban J connectivity index is 2.11. The molecule has 1 heterocycles. The smallest absolute Gasteiger partial charge is 0.283 e. The number of aryl methyl sites for hydroxylation is 2. The molecule has 3 rings (SSSR count). The predicted molar refractivity (Wildman–Crippen MR) is 95.0 cm³/mol. The van der Waals surface area contributed by atoms with E-state index in [0.717, 1.165) is 15.8 Å². The number of hydrogen-bond donors (Lipinski definition) is 0. The number of aromatic nitrogens is 1. The number of nitrogens with zero attached hydrogens (tertiary/aromatic N) is 2. The number of rotatable bonds is 3. The fourth-order valence-corrected chi connectivity index (χ4v) is 3.72. The van der Waals surface area contributed by atoms with Crippen molar-refractivity contribution in [3.8, 4) is 11.5 Å². The highest BCUT2D eigenvalue weighted by atomic mass is 32.1. The second-order valence-corrected chi connectivity index (χ2v) is 6.36. The van der Waals surface area contributed by atoms with Crippen molar-refractivity contribution < 1.29 is 14.3 Å². The largest absolute Gasteiger partial charge is 0.497 e. The lowest BCUT2D eigenvalue weighted by Gasteiger charge is -2.07. The number of amides is 1. The van der Waals surface area contributed by atoms with Crippen LogP contribution in [0.15, 0.2) is 41.4 Å². The molecular weight excluding hydrogens is 324 g/mol. The van der Waals surface area contributed by atoms with Crippen LogP contribution in [0.5, 0.6) is 11.5 Å². The zero-order valence-electron chi connectivity index (χ0n) is 14.0. The molecule has 5 nitrogen and oxygen atoms in total. The van der Waals surface area contributed by atoms with Gasteiger partial charge in [0.1, 0.15) is 11.5 Å². The maximum absolute atomic E-state index is 12.6. The summed E-state index contributed by atoms with van der Waals surface area (Å²) in [5, 5.41) is 0. The number of carbonyl (C=O) groups excluding carboxylic acids is 1. The lowest BCUT2D eigenvalue weighted by atomic mass is 10.2. The van der Waals surface area contributed by atoms with Crippen molar-refractivity contribution in [1.82, 2.24) is 4.57 Å². The minimum absolute atomic E-state index is 0.339. The first-order valence-electron chi connectivity index (χ1n) is 7.41. The second-order valence-electron chi connectivity index (χ2n) is 5.35. The van der Waals surface area contributed by atoms with E-state index in [9.17, 15) is 4.79 Å². The number of para-hydroxylation sites is 1. The highest BCUT2D eigenvalue weighted by Crippen LogP contribution is 2.25. The van der Waals surface area contributed by atoms with Crippen molar-refractivity contribution in [3.05, 3.63) is 52.3 Å². The van der Waals surface area contributed by atoms with Crippen LogP contribution in [0.2, 0.25) is 0 Å². The van der Waals surface area contributed by atoms with Gasteiger partial charge in [0.05, 0.1) is 30.0 Å². The Bertz CT molecular complexity index is 986. The molecule has 6 heteroatoms. The molecule has 0 saturated heterocycles. The van der Waals surface area contributed by atoms with Crippen LogP contribution in [0, 0.1) is 6.92 Å². The minimum Gasteiger partial charge on any atom is -0.497 e. The molecule has 1 amide bonds. The first-order chi connectivity index (χ1) is 11.5. The molecule has 0 bridgehead atoms. The standard InChI is InChI=1S/C18H18N2O3S/c1-11-6-5-7-15-16(11)20(2)18(24-15)19-17(21)13-9-8-12(22-3)10-14(13)23-4/h5-10H,1-4H3. The lowest BCUT2D eigenvalue weighted by Crippen LogP contribution is -2.14. The van der Waals surface area contributed by atoms with Gasteiger partial charge in [0.25, 0.3) is 5.91 Å². The maximum Gasteiger partial charge on any atom is 0.283 e. The molecule has 24 heavy (non-hydrogen) atoms. The predicted octanol–water partition coefficient (Wildman–Crippen LogP) is 3.31. The van der Waals surface area contributed by atoms with Gasteiger partial charge in [-0.15, -0.1) is 0 Å². The number of carbonyl (C=O) groups is 1. The topological polar surface area (TPSA) is 52.8 Å². The first-order valence-corrected chi connectivity index (χ1v) is 8.23. The summed E-state index contributed by atoms with van der Waals surface area (Å²) in [7, 11) is 5.01. The normalized spacial score (nSPS) is 11.8. The number of ether oxygens (including phenoxy) is 2. The third-order valence-corrected chi connectivity index (χ3v) is 4.96. The highest BCUT2D eigenvalue weighted by Gasteiger charge is 2.14. The maximum atomic E-state index is 12.6. The SMILES string of the molecule is COc1ccc(C(=O)N=c2sc3cccc(C)c3n2C)c(OC)c1. The van der Waals surface area contributed by atoms with E-state index in [2.05, 4.69) is 4.99 Å². The van der Waals surface area contributed by atoms with Gasteiger partial charge in [-0.2, -0.15) is 4.99 Å². The van der Waals surface area contributed by atoms with Gasteiger partial charge in [0, 0.05) is 13.1 Å². The summed E-state index contributed by atoms with van der Waals surface area (Å²) in [5.41, 5.74) is 2.66. The van der Waals surface area contributed by atoms with Crippen molar-refractivity contribution in [2.75, 3.05) is 14.2 Å². The van der Waals surface area contributed by atoms with E-state index >= 15 is 0 Å². The van der Waals surface area contributed by atoms with Crippen LogP contribution < -0.4 is 14.3 Å². The van der Waals surface area contributed by atoms with Crippen LogP contribution in [0.25, 0.3) is 10.2 Å². The number of benzene rings is 2. The van der Waals surface area contributed by atoms with E-state index in [-0.39, 0.29) is 5.91 Å². The molecule has 0 fully saturated rings. The fourth-order valence-electron chi connectivity index (χ4n) is 2.63. The van der Waals surface area contributed by atoms with Crippen LogP contribution in [-0.4, -0.2) is 24.7 Å². The average Bonchev–Trinajstić information content (AvgIpc) is 2.91. The third-order valence-electron chi connectivity index (χ3n) is 3.86. The monoisotopic (exact) mass is 342 g/mol. The molecule has 0 atom stereocenters. The second kappa shape index (κ2) is 6.49. The van der Waals surface area contributed by atoms with Crippen LogP contribution in [0.3, 0.4) is 0 Å². The van der Waals surface area contributed by atoms with Gasteiger partial charge in [-0.25, -0.2) is 0 Å². The van der Waals surface area contributed by atoms with Gasteiger partial charge >= 0.3 is 0 Å². The summed E-state index contributed by atoms with van der Waals surface area (Å²) in [6.45, 7) is 2.05. The molecule has 124 valence electrons. The van der Waals surface area contributed by atoms with Crippen LogP contribution in [-0.2, 0) is 7.05 Å². The summed E-state index contributed by atoms with van der Waals surface area (Å²) >= 11 is 1.49. The summed E-state index contributed by atoms with van der Waals surface area (Å²) < 4.78 is 13.5. The van der Waals surface area contributed by atoms with Crippen molar-refractivity contribution in [2.24, 2.45) is 12.0 Å². The average molecular weight is 342 g/mol. The van der Waals surface area contributed by atoms with E-state index in [4.69, 9.17) is 9.47 Å². The molecule has 2 aromatic carbocycles. The number of hydrogen-bond acceptors (Lipinski definition) is 4. The van der Waals surface area contributed by atoms with Gasteiger partial charge in [-0.3, -0.25) is 4.79 Å². The zero-order valence-corrected chi connectivity index (χ0v) is 14.8. The Labute approximate surface area is 143 Å². The van der Waals surface area contributed by atoms with E-state index < -0.39 is 0 Å². The third kappa shape index (κ3) is 2.80. The van der Waals surface area contributed by atoms with Crippen molar-refractivity contribution in [1.29, 1.82) is 0 Å². The summed E-state index contributed by atoms with van der Waals surface area (Å²) in [5.74, 6) is 0.740. The number of thiazole rings is 1. The molecule has 0 saturated carbocycles. The van der Waals surface area contributed by atoms with Gasteiger partial charge in [-0.1, -0.05) is 23.5 Å². The van der Waals surface area contributed by atoms with E-state index in [1.807, 2.05) is 36.7 Å². The summed E-state index contributed by atoms with van der Waals surface area (Å²) in [6.07, 6.45) is 0. The first kappa shape index (κ1) is 16.3. The van der Waals surface area contributed by atoms with E-state index in [0.29, 0.717) is 21.9 Å². The Morgan fingerprint density at radius 3 is 2.62 bits per heavy atom. The van der Waals surface area contributed by atoms with Gasteiger partial charge in [0.2, 0.25) is 0 Å². The molecule has 0 aliphatic carbocycles. The van der Waals surface area contributed by atoms with Crippen molar-refractivity contribution >= 4 is 27.5 Å². The molecular formula is C18H18N2O3S. The van der Waals surface area contributed by atoms with E-state index in [1.165, 1.54) is 18.4 Å². The number of fused-ring (bicyclic) bond motifs is 1. The molecule has 1 aromatic heterocycles. The highest BCUT2D eigenvalue weighted by molar-refractivity contribution is 7.16. The van der Waals surface area contributed by atoms with Gasteiger partial charge in [0.15, 0.2) is 4.80 Å². The Hall–Kier alpha value is -2.60.